The predicted octanol–water partition coefficient (Wildman–Crippen LogP) is 1.64. The highest BCUT2D eigenvalue weighted by Gasteiger charge is 2.23. The fourth-order valence-electron chi connectivity index (χ4n) is 2.42. The van der Waals surface area contributed by atoms with Crippen molar-refractivity contribution >= 4 is 24.3 Å². The van der Waals surface area contributed by atoms with Gasteiger partial charge in [-0.3, -0.25) is 4.98 Å². The number of pyridine rings is 1. The molecule has 1 nitrogen and oxygen atoms in total. The molecule has 1 atom stereocenters. The van der Waals surface area contributed by atoms with Crippen LogP contribution in [-0.4, -0.2) is 4.98 Å². The highest BCUT2D eigenvalue weighted by atomic mass is 14.6. The van der Waals surface area contributed by atoms with Crippen LogP contribution in [-0.2, 0) is 0 Å². The van der Waals surface area contributed by atoms with E-state index in [4.69, 9.17) is 0 Å². The van der Waals surface area contributed by atoms with Gasteiger partial charge >= 0.3 is 0 Å². The number of hydrogen-bond acceptors (Lipinski definition) is 1. The van der Waals surface area contributed by atoms with Crippen molar-refractivity contribution in [1.29, 1.82) is 0 Å². The van der Waals surface area contributed by atoms with Crippen molar-refractivity contribution < 1.29 is 0 Å². The van der Waals surface area contributed by atoms with Crippen LogP contribution in [0.1, 0.15) is 17.5 Å². The lowest BCUT2D eigenvalue weighted by Crippen LogP contribution is -2.33. The van der Waals surface area contributed by atoms with Gasteiger partial charge in [0, 0.05) is 22.9 Å². The summed E-state index contributed by atoms with van der Waals surface area (Å²) in [6, 6.07) is 0. The third kappa shape index (κ3) is 1.09. The Bertz CT molecular complexity index is 687. The molecule has 0 saturated heterocycles. The maximum atomic E-state index is 4.55. The molecule has 1 aromatic heterocycles. The van der Waals surface area contributed by atoms with Gasteiger partial charge in [0.05, 0.1) is 5.35 Å². The van der Waals surface area contributed by atoms with Gasteiger partial charge in [-0.15, -0.1) is 0 Å². The largest absolute Gasteiger partial charge is 0.256 e. The molecule has 0 N–H and O–H groups in total. The fraction of sp³-hybridized carbons (Fsp3) is 0.133. The van der Waals surface area contributed by atoms with Crippen LogP contribution in [0.3, 0.4) is 0 Å². The summed E-state index contributed by atoms with van der Waals surface area (Å²) < 4.78 is 0. The van der Waals surface area contributed by atoms with Crippen LogP contribution in [0.15, 0.2) is 30.0 Å². The van der Waals surface area contributed by atoms with Crippen molar-refractivity contribution in [3.8, 4) is 0 Å². The topological polar surface area (TPSA) is 12.9 Å². The first-order valence-corrected chi connectivity index (χ1v) is 5.69. The molecule has 0 aliphatic heterocycles. The minimum absolute atomic E-state index is 0.573. The smallest absolute Gasteiger partial charge is 0.0678 e. The van der Waals surface area contributed by atoms with Crippen LogP contribution in [0.5, 0.6) is 0 Å². The standard InChI is InChI=1S/C15H11N/c1-2-4-10-9-16-15-8-12-6-11(12)7-14(15)13(10)5-3-1/h2-9,12H,1H2. The van der Waals surface area contributed by atoms with Gasteiger partial charge in [0.25, 0.3) is 0 Å². The van der Waals surface area contributed by atoms with Crippen LogP contribution in [0.2, 0.25) is 0 Å². The fourth-order valence-corrected chi connectivity index (χ4v) is 2.42. The molecule has 1 heteroatoms. The summed E-state index contributed by atoms with van der Waals surface area (Å²) in [5.41, 5.74) is 4.00. The zero-order valence-corrected chi connectivity index (χ0v) is 8.85. The van der Waals surface area contributed by atoms with E-state index in [1.54, 1.807) is 0 Å². The number of fused-ring (bicyclic) bond motifs is 4. The van der Waals surface area contributed by atoms with Crippen LogP contribution >= 0.6 is 0 Å². The molecule has 0 fully saturated rings. The minimum atomic E-state index is 0.573. The van der Waals surface area contributed by atoms with Gasteiger partial charge in [0.2, 0.25) is 0 Å². The van der Waals surface area contributed by atoms with Gasteiger partial charge in [-0.2, -0.15) is 0 Å². The third-order valence-corrected chi connectivity index (χ3v) is 3.37. The number of rotatable bonds is 0. The molecule has 0 radical (unpaired) electrons. The first-order valence-electron chi connectivity index (χ1n) is 5.69. The van der Waals surface area contributed by atoms with Gasteiger partial charge in [-0.05, 0) is 29.7 Å². The summed E-state index contributed by atoms with van der Waals surface area (Å²) >= 11 is 0. The van der Waals surface area contributed by atoms with Crippen molar-refractivity contribution in [1.82, 2.24) is 4.98 Å². The predicted molar refractivity (Wildman–Crippen MR) is 66.7 cm³/mol. The second-order valence-corrected chi connectivity index (χ2v) is 4.47. The molecule has 3 aliphatic rings. The highest BCUT2D eigenvalue weighted by Crippen LogP contribution is 2.32. The van der Waals surface area contributed by atoms with Crippen LogP contribution in [0, 0.1) is 5.92 Å². The minimum Gasteiger partial charge on any atom is -0.256 e. The molecule has 0 amide bonds. The zero-order valence-electron chi connectivity index (χ0n) is 8.85. The van der Waals surface area contributed by atoms with E-state index in [1.165, 1.54) is 21.9 Å². The number of aromatic nitrogens is 1. The lowest BCUT2D eigenvalue weighted by Gasteiger charge is -2.05. The van der Waals surface area contributed by atoms with E-state index in [2.05, 4.69) is 47.5 Å². The Hall–Kier alpha value is -1.89. The monoisotopic (exact) mass is 205 g/mol. The summed E-state index contributed by atoms with van der Waals surface area (Å²) in [6.45, 7) is 0. The van der Waals surface area contributed by atoms with Gasteiger partial charge in [-0.25, -0.2) is 0 Å². The van der Waals surface area contributed by atoms with Crippen LogP contribution < -0.4 is 10.6 Å². The lowest BCUT2D eigenvalue weighted by molar-refractivity contribution is 1.15. The van der Waals surface area contributed by atoms with Crippen LogP contribution in [0.25, 0.3) is 24.3 Å². The highest BCUT2D eigenvalue weighted by molar-refractivity contribution is 5.75. The van der Waals surface area contributed by atoms with E-state index in [0.717, 1.165) is 11.8 Å². The Kier molecular flexibility index (Phi) is 1.46. The third-order valence-electron chi connectivity index (χ3n) is 3.37. The molecule has 76 valence electrons. The molecular weight excluding hydrogens is 194 g/mol. The average Bonchev–Trinajstić information content (AvgIpc) is 3.08. The summed E-state index contributed by atoms with van der Waals surface area (Å²) in [6.07, 6.45) is 18.6. The van der Waals surface area contributed by atoms with E-state index >= 15 is 0 Å². The molecule has 0 saturated carbocycles. The molecule has 1 aromatic rings. The number of allylic oxidation sites excluding steroid dienone is 4. The van der Waals surface area contributed by atoms with Crippen molar-refractivity contribution in [2.75, 3.05) is 0 Å². The second-order valence-electron chi connectivity index (χ2n) is 4.47. The Morgan fingerprint density at radius 3 is 3.06 bits per heavy atom. The van der Waals surface area contributed by atoms with Gasteiger partial charge in [0.15, 0.2) is 0 Å². The first-order chi connectivity index (χ1) is 7.92. The maximum absolute atomic E-state index is 4.55. The Morgan fingerprint density at radius 2 is 2.06 bits per heavy atom. The van der Waals surface area contributed by atoms with E-state index in [1.807, 2.05) is 6.20 Å². The summed E-state index contributed by atoms with van der Waals surface area (Å²) in [4.78, 5) is 4.55. The van der Waals surface area contributed by atoms with Gasteiger partial charge in [0.1, 0.15) is 0 Å². The van der Waals surface area contributed by atoms with E-state index in [-0.39, 0.29) is 0 Å². The molecule has 0 aromatic carbocycles. The molecule has 3 aliphatic carbocycles. The van der Waals surface area contributed by atoms with E-state index < -0.39 is 0 Å². The summed E-state index contributed by atoms with van der Waals surface area (Å²) in [7, 11) is 0. The second kappa shape index (κ2) is 2.82. The number of nitrogens with zero attached hydrogens (tertiary/aromatic N) is 1. The van der Waals surface area contributed by atoms with E-state index in [9.17, 15) is 0 Å². The quantitative estimate of drug-likeness (QED) is 0.627. The lowest BCUT2D eigenvalue weighted by atomic mass is 10.0. The molecule has 0 bridgehead atoms. The van der Waals surface area contributed by atoms with Crippen LogP contribution in [0.4, 0.5) is 0 Å². The van der Waals surface area contributed by atoms with Crippen molar-refractivity contribution in [3.63, 3.8) is 0 Å². The first kappa shape index (κ1) is 8.28. The van der Waals surface area contributed by atoms with E-state index in [0.29, 0.717) is 5.92 Å². The Balaban J connectivity index is 2.14. The SMILES string of the molecule is C1=Cc2cnc3c(c2C=CC1)=CC1=CC1C=3. The Morgan fingerprint density at radius 1 is 1.12 bits per heavy atom. The molecular formula is C15H11N. The van der Waals surface area contributed by atoms with Crippen molar-refractivity contribution in [2.45, 2.75) is 6.42 Å². The van der Waals surface area contributed by atoms with Crippen molar-refractivity contribution in [2.24, 2.45) is 5.92 Å². The molecule has 16 heavy (non-hydrogen) atoms. The Labute approximate surface area is 93.8 Å². The van der Waals surface area contributed by atoms with Gasteiger partial charge in [-0.1, -0.05) is 30.4 Å². The number of hydrogen-bond donors (Lipinski definition) is 0. The molecule has 1 unspecified atom stereocenters. The zero-order chi connectivity index (χ0) is 10.5. The average molecular weight is 205 g/mol. The maximum Gasteiger partial charge on any atom is 0.0678 e. The summed E-state index contributed by atoms with van der Waals surface area (Å²) in [5.74, 6) is 0.573. The summed E-state index contributed by atoms with van der Waals surface area (Å²) in [5, 5.41) is 2.43. The molecule has 0 spiro atoms. The van der Waals surface area contributed by atoms with Crippen molar-refractivity contribution in [3.05, 3.63) is 51.7 Å². The molecule has 1 heterocycles. The molecule has 4 rings (SSSR count). The van der Waals surface area contributed by atoms with Gasteiger partial charge < -0.3 is 0 Å². The normalized spacial score (nSPS) is 23.0.